The van der Waals surface area contributed by atoms with Crippen molar-refractivity contribution in [1.29, 1.82) is 0 Å². The standard InChI is InChI=1S/C24H26Br2N4O4/c25-17-12-15(13-18(26)23(17)27)21(31)6-3-9-28-10-7-16(8-11-28)30-20-5-2-1-4-19(20)29(24(30)34)14-22(32)33/h1-2,4-5,12-13,16H,3,6-11,14,27H2,(H,32,33). The molecule has 1 fully saturated rings. The Morgan fingerprint density at radius 2 is 1.68 bits per heavy atom. The topological polar surface area (TPSA) is 111 Å². The number of carboxylic acids is 1. The zero-order valence-corrected chi connectivity index (χ0v) is 21.7. The second-order valence-electron chi connectivity index (χ2n) is 8.57. The van der Waals surface area contributed by atoms with Crippen LogP contribution in [0.3, 0.4) is 0 Å². The SMILES string of the molecule is Nc1c(Br)cc(C(=O)CCCN2CCC(n3c(=O)n(CC(=O)O)c4ccccc43)CC2)cc1Br. The number of carboxylic acid groups (broad SMARTS) is 1. The summed E-state index contributed by atoms with van der Waals surface area (Å²) in [5.74, 6) is -0.956. The van der Waals surface area contributed by atoms with E-state index >= 15 is 0 Å². The minimum Gasteiger partial charge on any atom is -0.480 e. The van der Waals surface area contributed by atoms with Crippen LogP contribution in [0.1, 0.15) is 42.1 Å². The van der Waals surface area contributed by atoms with Crippen LogP contribution in [0.5, 0.6) is 0 Å². The number of nitrogens with zero attached hydrogens (tertiary/aromatic N) is 3. The first-order valence-electron chi connectivity index (χ1n) is 11.2. The summed E-state index contributed by atoms with van der Waals surface area (Å²) in [5, 5.41) is 9.23. The minimum atomic E-state index is -1.03. The van der Waals surface area contributed by atoms with Crippen molar-refractivity contribution < 1.29 is 14.7 Å². The molecule has 0 unspecified atom stereocenters. The number of ketones is 1. The number of carbonyl (C=O) groups is 2. The Kier molecular flexibility index (Phi) is 7.59. The number of nitrogens with two attached hydrogens (primary N) is 1. The van der Waals surface area contributed by atoms with E-state index in [2.05, 4.69) is 36.8 Å². The average molecular weight is 594 g/mol. The summed E-state index contributed by atoms with van der Waals surface area (Å²) in [5.41, 5.74) is 8.26. The molecule has 1 aromatic heterocycles. The molecule has 180 valence electrons. The first-order chi connectivity index (χ1) is 16.3. The van der Waals surface area contributed by atoms with Crippen molar-refractivity contribution in [1.82, 2.24) is 14.0 Å². The van der Waals surface area contributed by atoms with Crippen LogP contribution in [0.15, 0.2) is 50.1 Å². The van der Waals surface area contributed by atoms with E-state index in [-0.39, 0.29) is 24.1 Å². The molecule has 0 radical (unpaired) electrons. The van der Waals surface area contributed by atoms with Crippen molar-refractivity contribution in [3.05, 3.63) is 61.4 Å². The molecule has 2 heterocycles. The third kappa shape index (κ3) is 5.13. The van der Waals surface area contributed by atoms with Crippen molar-refractivity contribution in [3.8, 4) is 0 Å². The van der Waals surface area contributed by atoms with Crippen LogP contribution >= 0.6 is 31.9 Å². The van der Waals surface area contributed by atoms with Crippen molar-refractivity contribution >= 4 is 60.3 Å². The lowest BCUT2D eigenvalue weighted by Gasteiger charge is -2.32. The number of aromatic nitrogens is 2. The maximum atomic E-state index is 13.1. The van der Waals surface area contributed by atoms with Gasteiger partial charge in [0, 0.05) is 40.1 Å². The van der Waals surface area contributed by atoms with E-state index in [1.165, 1.54) is 4.57 Å². The maximum absolute atomic E-state index is 13.1. The summed E-state index contributed by atoms with van der Waals surface area (Å²) in [6.07, 6.45) is 2.80. The van der Waals surface area contributed by atoms with Crippen LogP contribution in [-0.2, 0) is 11.3 Å². The summed E-state index contributed by atoms with van der Waals surface area (Å²) in [4.78, 5) is 39.2. The van der Waals surface area contributed by atoms with E-state index in [1.807, 2.05) is 18.2 Å². The van der Waals surface area contributed by atoms with E-state index in [4.69, 9.17) is 5.73 Å². The molecule has 1 aliphatic rings. The van der Waals surface area contributed by atoms with Gasteiger partial charge in [-0.15, -0.1) is 0 Å². The number of Topliss-reactive ketones (excluding diaryl/α,β-unsaturated/α-hetero) is 1. The van der Waals surface area contributed by atoms with E-state index in [1.54, 1.807) is 22.8 Å². The number of rotatable bonds is 8. The highest BCUT2D eigenvalue weighted by molar-refractivity contribution is 9.11. The normalized spacial score (nSPS) is 15.1. The van der Waals surface area contributed by atoms with Crippen molar-refractivity contribution in [2.24, 2.45) is 0 Å². The molecule has 2 aromatic carbocycles. The summed E-state index contributed by atoms with van der Waals surface area (Å²) in [7, 11) is 0. The van der Waals surface area contributed by atoms with Crippen molar-refractivity contribution in [2.45, 2.75) is 38.3 Å². The number of hydrogen-bond acceptors (Lipinski definition) is 5. The number of para-hydroxylation sites is 2. The van der Waals surface area contributed by atoms with Crippen LogP contribution in [0.2, 0.25) is 0 Å². The second kappa shape index (κ2) is 10.5. The summed E-state index contributed by atoms with van der Waals surface area (Å²) in [6, 6.07) is 10.9. The van der Waals surface area contributed by atoms with Gasteiger partial charge in [-0.05, 0) is 81.9 Å². The molecule has 3 aromatic rings. The van der Waals surface area contributed by atoms with Crippen LogP contribution in [0.25, 0.3) is 11.0 Å². The first-order valence-corrected chi connectivity index (χ1v) is 12.8. The molecular formula is C24H26Br2N4O4. The number of imidazole rings is 1. The predicted molar refractivity (Wildman–Crippen MR) is 138 cm³/mol. The largest absolute Gasteiger partial charge is 0.480 e. The number of halogens is 2. The average Bonchev–Trinajstić information content (AvgIpc) is 3.08. The van der Waals surface area contributed by atoms with Crippen LogP contribution in [-0.4, -0.2) is 50.5 Å². The lowest BCUT2D eigenvalue weighted by molar-refractivity contribution is -0.137. The quantitative estimate of drug-likeness (QED) is 0.298. The Bertz CT molecular complexity index is 1270. The zero-order valence-electron chi connectivity index (χ0n) is 18.5. The van der Waals surface area contributed by atoms with Crippen LogP contribution in [0.4, 0.5) is 5.69 Å². The van der Waals surface area contributed by atoms with Crippen LogP contribution < -0.4 is 11.4 Å². The zero-order chi connectivity index (χ0) is 24.4. The summed E-state index contributed by atoms with van der Waals surface area (Å²) < 4.78 is 4.50. The van der Waals surface area contributed by atoms with Gasteiger partial charge in [0.1, 0.15) is 6.54 Å². The fourth-order valence-electron chi connectivity index (χ4n) is 4.63. The molecule has 0 aliphatic carbocycles. The third-order valence-corrected chi connectivity index (χ3v) is 7.68. The van der Waals surface area contributed by atoms with Gasteiger partial charge in [0.25, 0.3) is 0 Å². The lowest BCUT2D eigenvalue weighted by Crippen LogP contribution is -2.38. The molecule has 1 aliphatic heterocycles. The van der Waals surface area contributed by atoms with Crippen molar-refractivity contribution in [3.63, 3.8) is 0 Å². The van der Waals surface area contributed by atoms with Gasteiger partial charge in [-0.3, -0.25) is 18.7 Å². The number of anilines is 1. The van der Waals surface area contributed by atoms with Gasteiger partial charge in [-0.25, -0.2) is 4.79 Å². The minimum absolute atomic E-state index is 0.0230. The highest BCUT2D eigenvalue weighted by Gasteiger charge is 2.25. The molecule has 3 N–H and O–H groups in total. The molecule has 1 saturated heterocycles. The van der Waals surface area contributed by atoms with E-state index < -0.39 is 5.97 Å². The third-order valence-electron chi connectivity index (χ3n) is 6.36. The highest BCUT2D eigenvalue weighted by Crippen LogP contribution is 2.30. The van der Waals surface area contributed by atoms with Gasteiger partial charge >= 0.3 is 11.7 Å². The monoisotopic (exact) mass is 592 g/mol. The molecule has 34 heavy (non-hydrogen) atoms. The van der Waals surface area contributed by atoms with Gasteiger partial charge in [-0.1, -0.05) is 12.1 Å². The molecule has 0 atom stereocenters. The molecular weight excluding hydrogens is 568 g/mol. The van der Waals surface area contributed by atoms with Crippen LogP contribution in [0, 0.1) is 0 Å². The van der Waals surface area contributed by atoms with Gasteiger partial charge < -0.3 is 15.7 Å². The molecule has 0 bridgehead atoms. The Hall–Kier alpha value is -2.43. The molecule has 0 spiro atoms. The maximum Gasteiger partial charge on any atom is 0.329 e. The number of hydrogen-bond donors (Lipinski definition) is 2. The van der Waals surface area contributed by atoms with Gasteiger partial charge in [0.2, 0.25) is 0 Å². The number of likely N-dealkylation sites (tertiary alicyclic amines) is 1. The van der Waals surface area contributed by atoms with Gasteiger partial charge in [0.05, 0.1) is 16.7 Å². The Labute approximate surface area is 213 Å². The lowest BCUT2D eigenvalue weighted by atomic mass is 10.0. The smallest absolute Gasteiger partial charge is 0.329 e. The number of benzene rings is 2. The second-order valence-corrected chi connectivity index (χ2v) is 10.3. The number of nitrogen functional groups attached to an aromatic ring is 1. The Morgan fingerprint density at radius 1 is 1.06 bits per heavy atom. The number of piperidine rings is 1. The van der Waals surface area contributed by atoms with Crippen molar-refractivity contribution in [2.75, 3.05) is 25.4 Å². The fraction of sp³-hybridized carbons (Fsp3) is 0.375. The molecule has 0 saturated carbocycles. The Balaban J connectivity index is 1.36. The fourth-order valence-corrected chi connectivity index (χ4v) is 5.81. The first kappa shape index (κ1) is 24.7. The molecule has 8 nitrogen and oxygen atoms in total. The Morgan fingerprint density at radius 3 is 2.29 bits per heavy atom. The molecule has 0 amide bonds. The summed E-state index contributed by atoms with van der Waals surface area (Å²) >= 11 is 6.77. The molecule has 4 rings (SSSR count). The van der Waals surface area contributed by atoms with E-state index in [0.717, 1.165) is 44.4 Å². The number of carbonyl (C=O) groups excluding carboxylic acids is 1. The van der Waals surface area contributed by atoms with E-state index in [9.17, 15) is 19.5 Å². The summed E-state index contributed by atoms with van der Waals surface area (Å²) in [6.45, 7) is 2.11. The van der Waals surface area contributed by atoms with Gasteiger partial charge in [0.15, 0.2) is 5.78 Å². The predicted octanol–water partition coefficient (Wildman–Crippen LogP) is 4.29. The van der Waals surface area contributed by atoms with Gasteiger partial charge in [-0.2, -0.15) is 0 Å². The highest BCUT2D eigenvalue weighted by atomic mass is 79.9. The van der Waals surface area contributed by atoms with E-state index in [0.29, 0.717) is 32.1 Å². The number of aliphatic carboxylic acids is 1. The number of fused-ring (bicyclic) bond motifs is 1. The molecule has 10 heteroatoms.